The van der Waals surface area contributed by atoms with Crippen molar-refractivity contribution in [2.24, 2.45) is 5.73 Å². The molecule has 0 bridgehead atoms. The Hall–Kier alpha value is -1.31. The number of carbonyl (C=O) groups excluding carboxylic acids is 1. The molecule has 11 heavy (non-hydrogen) atoms. The summed E-state index contributed by atoms with van der Waals surface area (Å²) >= 11 is 0. The lowest BCUT2D eigenvalue weighted by Gasteiger charge is -1.96. The summed E-state index contributed by atoms with van der Waals surface area (Å²) in [5, 5.41) is 0. The molecule has 0 aliphatic rings. The third-order valence-electron chi connectivity index (χ3n) is 1.21. The van der Waals surface area contributed by atoms with Crippen molar-refractivity contribution in [2.45, 2.75) is 12.8 Å². The van der Waals surface area contributed by atoms with Crippen molar-refractivity contribution in [1.29, 1.82) is 0 Å². The molecule has 2 N–H and O–H groups in total. The van der Waals surface area contributed by atoms with Crippen LogP contribution in [0.5, 0.6) is 0 Å². The van der Waals surface area contributed by atoms with Gasteiger partial charge in [-0.05, 0) is 12.8 Å². The molecule has 0 atom stereocenters. The molecule has 0 heterocycles. The van der Waals surface area contributed by atoms with Gasteiger partial charge in [-0.3, -0.25) is 4.79 Å². The highest BCUT2D eigenvalue weighted by molar-refractivity contribution is 5.92. The molecule has 0 aromatic heterocycles. The number of allylic oxidation sites excluding steroid dienone is 3. The van der Waals surface area contributed by atoms with E-state index in [1.807, 2.05) is 0 Å². The van der Waals surface area contributed by atoms with Crippen LogP contribution in [0.4, 0.5) is 0 Å². The van der Waals surface area contributed by atoms with Gasteiger partial charge in [0.15, 0.2) is 0 Å². The molecule has 0 aromatic carbocycles. The Kier molecular flexibility index (Phi) is 4.82. The number of nitrogens with two attached hydrogens (primary N) is 1. The van der Waals surface area contributed by atoms with E-state index in [-0.39, 0.29) is 5.91 Å². The number of primary amides is 1. The van der Waals surface area contributed by atoms with Gasteiger partial charge in [-0.15, -0.1) is 13.2 Å². The monoisotopic (exact) mass is 151 g/mol. The molecule has 0 spiro atoms. The van der Waals surface area contributed by atoms with Crippen molar-refractivity contribution in [2.75, 3.05) is 0 Å². The normalized spacial score (nSPS) is 10.7. The van der Waals surface area contributed by atoms with E-state index in [0.717, 1.165) is 0 Å². The molecule has 0 aromatic rings. The number of hydrogen-bond acceptors (Lipinski definition) is 1. The first-order chi connectivity index (χ1) is 5.22. The summed E-state index contributed by atoms with van der Waals surface area (Å²) in [6, 6.07) is 0. The predicted octanol–water partition coefficient (Wildman–Crippen LogP) is 1.55. The van der Waals surface area contributed by atoms with Gasteiger partial charge < -0.3 is 5.73 Å². The average molecular weight is 151 g/mol. The van der Waals surface area contributed by atoms with Crippen LogP contribution in [0.1, 0.15) is 12.8 Å². The van der Waals surface area contributed by atoms with Crippen molar-refractivity contribution in [3.05, 3.63) is 37.0 Å². The van der Waals surface area contributed by atoms with Crippen LogP contribution in [0.2, 0.25) is 0 Å². The van der Waals surface area contributed by atoms with Crippen LogP contribution in [0.25, 0.3) is 0 Å². The van der Waals surface area contributed by atoms with E-state index in [1.165, 1.54) is 0 Å². The van der Waals surface area contributed by atoms with Gasteiger partial charge in [-0.2, -0.15) is 0 Å². The zero-order valence-corrected chi connectivity index (χ0v) is 6.55. The second-order valence-electron chi connectivity index (χ2n) is 2.11. The number of hydrogen-bond donors (Lipinski definition) is 1. The minimum atomic E-state index is -0.383. The van der Waals surface area contributed by atoms with Gasteiger partial charge in [-0.1, -0.05) is 18.2 Å². The molecule has 60 valence electrons. The van der Waals surface area contributed by atoms with E-state index in [2.05, 4.69) is 13.2 Å². The van der Waals surface area contributed by atoms with Crippen LogP contribution in [-0.4, -0.2) is 5.91 Å². The van der Waals surface area contributed by atoms with E-state index in [0.29, 0.717) is 18.4 Å². The fourth-order valence-electron chi connectivity index (χ4n) is 0.666. The molecule has 0 saturated carbocycles. The lowest BCUT2D eigenvalue weighted by Crippen LogP contribution is -2.13. The van der Waals surface area contributed by atoms with Gasteiger partial charge in [0.25, 0.3) is 0 Å². The highest BCUT2D eigenvalue weighted by Gasteiger charge is 1.99. The maximum Gasteiger partial charge on any atom is 0.244 e. The molecular weight excluding hydrogens is 138 g/mol. The minimum Gasteiger partial charge on any atom is -0.366 e. The molecule has 0 aliphatic heterocycles. The van der Waals surface area contributed by atoms with Crippen LogP contribution in [-0.2, 0) is 4.79 Å². The Balaban J connectivity index is 4.18. The average Bonchev–Trinajstić information content (AvgIpc) is 1.97. The maximum absolute atomic E-state index is 10.7. The van der Waals surface area contributed by atoms with Gasteiger partial charge in [-0.25, -0.2) is 0 Å². The predicted molar refractivity (Wildman–Crippen MR) is 46.9 cm³/mol. The summed E-state index contributed by atoms with van der Waals surface area (Å²) in [6.07, 6.45) is 6.33. The van der Waals surface area contributed by atoms with Gasteiger partial charge in [0.1, 0.15) is 0 Å². The van der Waals surface area contributed by atoms with Crippen molar-refractivity contribution >= 4 is 5.91 Å². The van der Waals surface area contributed by atoms with Crippen LogP contribution in [0.3, 0.4) is 0 Å². The van der Waals surface area contributed by atoms with Crippen molar-refractivity contribution in [3.8, 4) is 0 Å². The highest BCUT2D eigenvalue weighted by Crippen LogP contribution is 2.02. The van der Waals surface area contributed by atoms with E-state index in [4.69, 9.17) is 5.73 Å². The molecule has 0 radical (unpaired) electrons. The van der Waals surface area contributed by atoms with Crippen LogP contribution in [0.15, 0.2) is 37.0 Å². The fraction of sp³-hybridized carbons (Fsp3) is 0.222. The summed E-state index contributed by atoms with van der Waals surface area (Å²) in [5.41, 5.74) is 5.67. The van der Waals surface area contributed by atoms with Gasteiger partial charge in [0.05, 0.1) is 0 Å². The summed E-state index contributed by atoms with van der Waals surface area (Å²) in [7, 11) is 0. The Morgan fingerprint density at radius 3 is 2.36 bits per heavy atom. The van der Waals surface area contributed by atoms with Crippen LogP contribution >= 0.6 is 0 Å². The first-order valence-corrected chi connectivity index (χ1v) is 3.43. The molecule has 0 unspecified atom stereocenters. The molecule has 0 fully saturated rings. The summed E-state index contributed by atoms with van der Waals surface area (Å²) in [4.78, 5) is 10.7. The third kappa shape index (κ3) is 4.14. The Morgan fingerprint density at radius 1 is 1.36 bits per heavy atom. The van der Waals surface area contributed by atoms with Crippen LogP contribution in [0, 0.1) is 0 Å². The van der Waals surface area contributed by atoms with Gasteiger partial charge in [0.2, 0.25) is 5.91 Å². The molecule has 0 rings (SSSR count). The summed E-state index contributed by atoms with van der Waals surface area (Å²) in [5.74, 6) is -0.383. The zero-order valence-electron chi connectivity index (χ0n) is 6.55. The van der Waals surface area contributed by atoms with Crippen molar-refractivity contribution < 1.29 is 4.79 Å². The maximum atomic E-state index is 10.7. The second-order valence-corrected chi connectivity index (χ2v) is 2.11. The highest BCUT2D eigenvalue weighted by atomic mass is 16.1. The number of rotatable bonds is 5. The Bertz CT molecular complexity index is 192. The van der Waals surface area contributed by atoms with Crippen LogP contribution < -0.4 is 5.73 Å². The Morgan fingerprint density at radius 2 is 2.00 bits per heavy atom. The van der Waals surface area contributed by atoms with Gasteiger partial charge >= 0.3 is 0 Å². The quantitative estimate of drug-likeness (QED) is 0.470. The first-order valence-electron chi connectivity index (χ1n) is 3.43. The Labute approximate surface area is 67.1 Å². The smallest absolute Gasteiger partial charge is 0.244 e. The number of amides is 1. The molecule has 2 heteroatoms. The molecule has 2 nitrogen and oxygen atoms in total. The fourth-order valence-corrected chi connectivity index (χ4v) is 0.666. The van der Waals surface area contributed by atoms with E-state index in [9.17, 15) is 4.79 Å². The van der Waals surface area contributed by atoms with E-state index < -0.39 is 0 Å². The van der Waals surface area contributed by atoms with Gasteiger partial charge in [0, 0.05) is 5.57 Å². The molecular formula is C9H13NO. The molecule has 1 amide bonds. The molecule has 0 aliphatic carbocycles. The standard InChI is InChI=1S/C9H13NO/c1-3-5-7-8(6-4-2)9(10)11/h3-4,7H,1-2,5-6H2,(H2,10,11)/b8-7+. The minimum absolute atomic E-state index is 0.383. The zero-order chi connectivity index (χ0) is 8.69. The van der Waals surface area contributed by atoms with E-state index >= 15 is 0 Å². The van der Waals surface area contributed by atoms with Crippen molar-refractivity contribution in [1.82, 2.24) is 0 Å². The lowest BCUT2D eigenvalue weighted by molar-refractivity contribution is -0.114. The third-order valence-corrected chi connectivity index (χ3v) is 1.21. The van der Waals surface area contributed by atoms with Crippen molar-refractivity contribution in [3.63, 3.8) is 0 Å². The summed E-state index contributed by atoms with van der Waals surface area (Å²) in [6.45, 7) is 7.05. The first kappa shape index (κ1) is 9.69. The topological polar surface area (TPSA) is 43.1 Å². The molecule has 0 saturated heterocycles. The SMILES string of the molecule is C=CC/C=C(\CC=C)C(N)=O. The summed E-state index contributed by atoms with van der Waals surface area (Å²) < 4.78 is 0. The lowest BCUT2D eigenvalue weighted by atomic mass is 10.1. The largest absolute Gasteiger partial charge is 0.366 e. The number of carbonyl (C=O) groups is 1. The van der Waals surface area contributed by atoms with E-state index in [1.54, 1.807) is 18.2 Å². The second kappa shape index (κ2) is 5.47.